The first-order valence-corrected chi connectivity index (χ1v) is 5.04. The molecule has 1 heterocycles. The summed E-state index contributed by atoms with van der Waals surface area (Å²) in [4.78, 5) is 2.13. The molecule has 4 N–H and O–H groups in total. The molecule has 5 nitrogen and oxygen atoms in total. The van der Waals surface area contributed by atoms with Crippen LogP contribution in [-0.4, -0.2) is 13.4 Å². The Labute approximate surface area is 83.0 Å². The molecule has 1 rings (SSSR count). The van der Waals surface area contributed by atoms with Crippen molar-refractivity contribution < 1.29 is 21.6 Å². The molecule has 0 unspecified atom stereocenters. The van der Waals surface area contributed by atoms with Gasteiger partial charge in [0.15, 0.2) is 5.82 Å². The summed E-state index contributed by atoms with van der Waals surface area (Å²) in [5.41, 5.74) is 2.84. The van der Waals surface area contributed by atoms with E-state index in [1.54, 1.807) is 0 Å². The SMILES string of the molecule is Nc1c(S(N)(=O)=O)cnc(C(F)F)c1F. The average Bonchev–Trinajstić information content (AvgIpc) is 2.06. The topological polar surface area (TPSA) is 99.1 Å². The van der Waals surface area contributed by atoms with Crippen LogP contribution in [0, 0.1) is 5.82 Å². The van der Waals surface area contributed by atoms with E-state index in [1.807, 2.05) is 0 Å². The number of aromatic nitrogens is 1. The Morgan fingerprint density at radius 2 is 1.93 bits per heavy atom. The van der Waals surface area contributed by atoms with Crippen LogP contribution < -0.4 is 10.9 Å². The number of halogens is 3. The largest absolute Gasteiger partial charge is 0.395 e. The summed E-state index contributed by atoms with van der Waals surface area (Å²) in [6.45, 7) is 0. The highest BCUT2D eigenvalue weighted by Gasteiger charge is 2.23. The van der Waals surface area contributed by atoms with Gasteiger partial charge in [0.05, 0.1) is 5.69 Å². The summed E-state index contributed by atoms with van der Waals surface area (Å²) in [6, 6.07) is 0. The predicted molar refractivity (Wildman–Crippen MR) is 44.9 cm³/mol. The Morgan fingerprint density at radius 3 is 2.33 bits per heavy atom. The van der Waals surface area contributed by atoms with Gasteiger partial charge in [-0.05, 0) is 0 Å². The maximum atomic E-state index is 13.1. The summed E-state index contributed by atoms with van der Waals surface area (Å²) in [5, 5.41) is 4.65. The van der Waals surface area contributed by atoms with E-state index >= 15 is 0 Å². The molecule has 84 valence electrons. The number of primary sulfonamides is 1. The zero-order valence-corrected chi connectivity index (χ0v) is 7.93. The summed E-state index contributed by atoms with van der Waals surface area (Å²) in [6.07, 6.45) is -2.68. The van der Waals surface area contributed by atoms with E-state index in [2.05, 4.69) is 10.1 Å². The average molecular weight is 241 g/mol. The normalized spacial score (nSPS) is 12.1. The number of rotatable bonds is 2. The van der Waals surface area contributed by atoms with Gasteiger partial charge < -0.3 is 5.73 Å². The maximum absolute atomic E-state index is 13.1. The monoisotopic (exact) mass is 241 g/mol. The Morgan fingerprint density at radius 1 is 1.40 bits per heavy atom. The Hall–Kier alpha value is -1.35. The van der Waals surface area contributed by atoms with Gasteiger partial charge in [-0.2, -0.15) is 0 Å². The minimum absolute atomic E-state index is 0.495. The van der Waals surface area contributed by atoms with E-state index in [1.165, 1.54) is 0 Å². The molecule has 0 radical (unpaired) electrons. The van der Waals surface area contributed by atoms with Crippen LogP contribution in [0.4, 0.5) is 18.9 Å². The molecule has 9 heteroatoms. The quantitative estimate of drug-likeness (QED) is 0.782. The highest BCUT2D eigenvalue weighted by molar-refractivity contribution is 7.89. The molecule has 0 saturated heterocycles. The first-order valence-electron chi connectivity index (χ1n) is 3.50. The first kappa shape index (κ1) is 11.7. The van der Waals surface area contributed by atoms with Crippen molar-refractivity contribution in [3.63, 3.8) is 0 Å². The maximum Gasteiger partial charge on any atom is 0.283 e. The zero-order valence-electron chi connectivity index (χ0n) is 7.12. The molecular formula is C6H6F3N3O2S. The molecule has 0 aromatic carbocycles. The molecule has 0 aliphatic heterocycles. The van der Waals surface area contributed by atoms with Crippen LogP contribution in [0.3, 0.4) is 0 Å². The van der Waals surface area contributed by atoms with Gasteiger partial charge >= 0.3 is 0 Å². The lowest BCUT2D eigenvalue weighted by molar-refractivity contribution is 0.140. The second-order valence-corrected chi connectivity index (χ2v) is 4.11. The first-order chi connectivity index (χ1) is 6.75. The number of sulfonamides is 1. The third-order valence-corrected chi connectivity index (χ3v) is 2.50. The Bertz CT molecular complexity index is 489. The van der Waals surface area contributed by atoms with Crippen LogP contribution in [0.15, 0.2) is 11.1 Å². The molecule has 15 heavy (non-hydrogen) atoms. The van der Waals surface area contributed by atoms with E-state index in [0.717, 1.165) is 0 Å². The van der Waals surface area contributed by atoms with Gasteiger partial charge in [-0.25, -0.2) is 26.7 Å². The van der Waals surface area contributed by atoms with Crippen LogP contribution in [0.1, 0.15) is 12.1 Å². The Balaban J connectivity index is 3.48. The minimum Gasteiger partial charge on any atom is -0.395 e. The van der Waals surface area contributed by atoms with Crippen molar-refractivity contribution in [3.05, 3.63) is 17.7 Å². The van der Waals surface area contributed by atoms with Crippen molar-refractivity contribution in [1.29, 1.82) is 0 Å². The lowest BCUT2D eigenvalue weighted by Crippen LogP contribution is -2.16. The standard InChI is InChI=1S/C6H6F3N3O2S/c7-3-4(10)2(15(11,13)14)1-12-5(3)6(8)9/h1,6H,(H2,10,12)(H2,11,13,14). The summed E-state index contributed by atoms with van der Waals surface area (Å²) < 4.78 is 58.8. The van der Waals surface area contributed by atoms with Crippen molar-refractivity contribution in [2.75, 3.05) is 5.73 Å². The van der Waals surface area contributed by atoms with Crippen LogP contribution in [0.2, 0.25) is 0 Å². The third kappa shape index (κ3) is 2.18. The van der Waals surface area contributed by atoms with Crippen molar-refractivity contribution in [2.24, 2.45) is 5.14 Å². The van der Waals surface area contributed by atoms with Gasteiger partial charge in [0.25, 0.3) is 6.43 Å². The summed E-state index contributed by atoms with van der Waals surface area (Å²) >= 11 is 0. The summed E-state index contributed by atoms with van der Waals surface area (Å²) in [7, 11) is -4.27. The molecular weight excluding hydrogens is 235 g/mol. The van der Waals surface area contributed by atoms with E-state index < -0.39 is 38.5 Å². The lowest BCUT2D eigenvalue weighted by Gasteiger charge is -2.07. The summed E-state index contributed by atoms with van der Waals surface area (Å²) in [5.74, 6) is -1.57. The molecule has 0 aliphatic rings. The molecule has 1 aromatic heterocycles. The van der Waals surface area contributed by atoms with Crippen molar-refractivity contribution in [1.82, 2.24) is 4.98 Å². The Kier molecular flexibility index (Phi) is 2.86. The molecule has 0 atom stereocenters. The number of anilines is 1. The zero-order chi connectivity index (χ0) is 11.8. The number of hydrogen-bond acceptors (Lipinski definition) is 4. The second-order valence-electron chi connectivity index (χ2n) is 2.58. The lowest BCUT2D eigenvalue weighted by atomic mass is 10.3. The minimum atomic E-state index is -4.27. The molecule has 1 aromatic rings. The second kappa shape index (κ2) is 3.66. The molecule has 0 bridgehead atoms. The number of nitrogens with two attached hydrogens (primary N) is 2. The van der Waals surface area contributed by atoms with Gasteiger partial charge in [-0.1, -0.05) is 0 Å². The highest BCUT2D eigenvalue weighted by Crippen LogP contribution is 2.27. The van der Waals surface area contributed by atoms with Crippen molar-refractivity contribution >= 4 is 15.7 Å². The van der Waals surface area contributed by atoms with Gasteiger partial charge in [0, 0.05) is 6.20 Å². The van der Waals surface area contributed by atoms with E-state index in [-0.39, 0.29) is 0 Å². The van der Waals surface area contributed by atoms with E-state index in [9.17, 15) is 21.6 Å². The molecule has 0 spiro atoms. The van der Waals surface area contributed by atoms with Crippen LogP contribution >= 0.6 is 0 Å². The van der Waals surface area contributed by atoms with Crippen molar-refractivity contribution in [2.45, 2.75) is 11.3 Å². The molecule has 0 saturated carbocycles. The highest BCUT2D eigenvalue weighted by atomic mass is 32.2. The van der Waals surface area contributed by atoms with E-state index in [0.29, 0.717) is 6.20 Å². The predicted octanol–water partition coefficient (Wildman–Crippen LogP) is 0.388. The smallest absolute Gasteiger partial charge is 0.283 e. The molecule has 0 aliphatic carbocycles. The van der Waals surface area contributed by atoms with Crippen LogP contribution in [-0.2, 0) is 10.0 Å². The molecule has 0 fully saturated rings. The fraction of sp³-hybridized carbons (Fsp3) is 0.167. The third-order valence-electron chi connectivity index (χ3n) is 1.56. The van der Waals surface area contributed by atoms with Gasteiger partial charge in [-0.15, -0.1) is 0 Å². The number of nitrogens with zero attached hydrogens (tertiary/aromatic N) is 1. The fourth-order valence-corrected chi connectivity index (χ4v) is 1.48. The number of hydrogen-bond donors (Lipinski definition) is 2. The van der Waals surface area contributed by atoms with Crippen LogP contribution in [0.25, 0.3) is 0 Å². The van der Waals surface area contributed by atoms with Gasteiger partial charge in [0.2, 0.25) is 10.0 Å². The number of pyridine rings is 1. The van der Waals surface area contributed by atoms with E-state index in [4.69, 9.17) is 5.73 Å². The van der Waals surface area contributed by atoms with Crippen LogP contribution in [0.5, 0.6) is 0 Å². The fourth-order valence-electron chi connectivity index (χ4n) is 0.879. The number of alkyl halides is 2. The number of nitrogen functional groups attached to an aromatic ring is 1. The van der Waals surface area contributed by atoms with Gasteiger partial charge in [-0.3, -0.25) is 4.98 Å². The van der Waals surface area contributed by atoms with Crippen molar-refractivity contribution in [3.8, 4) is 0 Å². The molecule has 0 amide bonds. The van der Waals surface area contributed by atoms with Gasteiger partial charge in [0.1, 0.15) is 10.6 Å².